The van der Waals surface area contributed by atoms with Gasteiger partial charge in [0.2, 0.25) is 0 Å². The number of aryl methyl sites for hydroxylation is 2. The van der Waals surface area contributed by atoms with Crippen molar-refractivity contribution in [3.8, 4) is 17.2 Å². The third-order valence-corrected chi connectivity index (χ3v) is 4.94. The normalized spacial score (nSPS) is 15.0. The molecule has 1 aromatic heterocycles. The van der Waals surface area contributed by atoms with Crippen LogP contribution < -0.4 is 10.1 Å². The molecule has 4 rings (SSSR count). The van der Waals surface area contributed by atoms with Gasteiger partial charge in [0.25, 0.3) is 5.89 Å². The summed E-state index contributed by atoms with van der Waals surface area (Å²) >= 11 is 6.20. The van der Waals surface area contributed by atoms with Gasteiger partial charge in [0.1, 0.15) is 11.9 Å². The van der Waals surface area contributed by atoms with Gasteiger partial charge < -0.3 is 14.6 Å². The number of benzene rings is 2. The third-order valence-electron chi connectivity index (χ3n) is 4.70. The van der Waals surface area contributed by atoms with Gasteiger partial charge in [-0.3, -0.25) is 0 Å². The number of hydrogen-bond acceptors (Lipinski definition) is 5. The Morgan fingerprint density at radius 1 is 1.07 bits per heavy atom. The fraction of sp³-hybridized carbons (Fsp3) is 0.333. The summed E-state index contributed by atoms with van der Waals surface area (Å²) in [5, 5.41) is 8.09. The number of piperidine rings is 1. The minimum atomic E-state index is 0.187. The van der Waals surface area contributed by atoms with Crippen LogP contribution in [0, 0.1) is 0 Å². The van der Waals surface area contributed by atoms with E-state index >= 15 is 0 Å². The van der Waals surface area contributed by atoms with E-state index in [0.717, 1.165) is 50.1 Å². The molecule has 1 aliphatic heterocycles. The SMILES string of the molecule is Clc1ccc(OC2CCNCC2)c(-c2nc(CCc3ccccc3)no2)c1. The van der Waals surface area contributed by atoms with E-state index in [1.54, 1.807) is 0 Å². The van der Waals surface area contributed by atoms with Gasteiger partial charge in [-0.15, -0.1) is 0 Å². The Balaban J connectivity index is 1.50. The van der Waals surface area contributed by atoms with E-state index in [0.29, 0.717) is 16.7 Å². The van der Waals surface area contributed by atoms with Crippen molar-refractivity contribution >= 4 is 11.6 Å². The van der Waals surface area contributed by atoms with E-state index in [1.165, 1.54) is 5.56 Å². The molecular formula is C21H22ClN3O2. The van der Waals surface area contributed by atoms with Crippen LogP contribution in [0.2, 0.25) is 5.02 Å². The van der Waals surface area contributed by atoms with E-state index in [9.17, 15) is 0 Å². The second-order valence-electron chi connectivity index (χ2n) is 6.71. The maximum atomic E-state index is 6.21. The number of aromatic nitrogens is 2. The standard InChI is InChI=1S/C21H22ClN3O2/c22-16-7-8-19(26-17-10-12-23-13-11-17)18(14-16)21-24-20(25-27-21)9-6-15-4-2-1-3-5-15/h1-5,7-8,14,17,23H,6,9-13H2. The predicted octanol–water partition coefficient (Wildman–Crippen LogP) is 4.31. The Kier molecular flexibility index (Phi) is 5.70. The summed E-state index contributed by atoms with van der Waals surface area (Å²) in [6.07, 6.45) is 3.74. The minimum Gasteiger partial charge on any atom is -0.489 e. The van der Waals surface area contributed by atoms with Crippen molar-refractivity contribution in [3.63, 3.8) is 0 Å². The molecule has 1 fully saturated rings. The molecule has 2 aromatic carbocycles. The van der Waals surface area contributed by atoms with E-state index in [1.807, 2.05) is 36.4 Å². The van der Waals surface area contributed by atoms with Crippen LogP contribution >= 0.6 is 11.6 Å². The lowest BCUT2D eigenvalue weighted by molar-refractivity contribution is 0.163. The Bertz CT molecular complexity index is 876. The maximum absolute atomic E-state index is 6.21. The fourth-order valence-electron chi connectivity index (χ4n) is 3.23. The van der Waals surface area contributed by atoms with Crippen LogP contribution in [0.1, 0.15) is 24.2 Å². The molecule has 0 radical (unpaired) electrons. The molecule has 2 heterocycles. The van der Waals surface area contributed by atoms with Gasteiger partial charge in [-0.25, -0.2) is 0 Å². The van der Waals surface area contributed by atoms with Gasteiger partial charge in [-0.05, 0) is 56.1 Å². The van der Waals surface area contributed by atoms with Crippen molar-refractivity contribution in [2.24, 2.45) is 0 Å². The zero-order valence-electron chi connectivity index (χ0n) is 15.0. The number of halogens is 1. The first-order valence-electron chi connectivity index (χ1n) is 9.32. The van der Waals surface area contributed by atoms with Crippen molar-refractivity contribution < 1.29 is 9.26 Å². The van der Waals surface area contributed by atoms with Gasteiger partial charge in [0, 0.05) is 11.4 Å². The van der Waals surface area contributed by atoms with Gasteiger partial charge in [0.15, 0.2) is 5.82 Å². The zero-order valence-corrected chi connectivity index (χ0v) is 15.8. The van der Waals surface area contributed by atoms with Crippen LogP contribution in [-0.4, -0.2) is 29.3 Å². The smallest absolute Gasteiger partial charge is 0.261 e. The first kappa shape index (κ1) is 18.0. The number of nitrogens with one attached hydrogen (secondary N) is 1. The zero-order chi connectivity index (χ0) is 18.5. The maximum Gasteiger partial charge on any atom is 0.261 e. The average Bonchev–Trinajstić information content (AvgIpc) is 3.18. The van der Waals surface area contributed by atoms with Crippen molar-refractivity contribution in [3.05, 3.63) is 64.9 Å². The Labute approximate surface area is 163 Å². The fourth-order valence-corrected chi connectivity index (χ4v) is 3.40. The first-order chi connectivity index (χ1) is 13.3. The van der Waals surface area contributed by atoms with E-state index in [2.05, 4.69) is 27.6 Å². The Hall–Kier alpha value is -2.37. The molecular weight excluding hydrogens is 362 g/mol. The van der Waals surface area contributed by atoms with Crippen molar-refractivity contribution in [2.75, 3.05) is 13.1 Å². The van der Waals surface area contributed by atoms with E-state index in [-0.39, 0.29) is 6.10 Å². The molecule has 0 atom stereocenters. The quantitative estimate of drug-likeness (QED) is 0.687. The summed E-state index contributed by atoms with van der Waals surface area (Å²) in [6, 6.07) is 15.8. The highest BCUT2D eigenvalue weighted by atomic mass is 35.5. The van der Waals surface area contributed by atoms with Crippen LogP contribution in [0.5, 0.6) is 5.75 Å². The summed E-state index contributed by atoms with van der Waals surface area (Å²) in [7, 11) is 0. The molecule has 0 bridgehead atoms. The van der Waals surface area contributed by atoms with Crippen LogP contribution in [0.4, 0.5) is 0 Å². The second-order valence-corrected chi connectivity index (χ2v) is 7.15. The summed E-state index contributed by atoms with van der Waals surface area (Å²) in [5.41, 5.74) is 2.00. The largest absolute Gasteiger partial charge is 0.489 e. The Morgan fingerprint density at radius 2 is 1.89 bits per heavy atom. The molecule has 5 nitrogen and oxygen atoms in total. The molecule has 1 N–H and O–H groups in total. The average molecular weight is 384 g/mol. The molecule has 0 spiro atoms. The number of nitrogens with zero attached hydrogens (tertiary/aromatic N) is 2. The highest BCUT2D eigenvalue weighted by molar-refractivity contribution is 6.30. The van der Waals surface area contributed by atoms with E-state index < -0.39 is 0 Å². The van der Waals surface area contributed by atoms with Gasteiger partial charge >= 0.3 is 0 Å². The minimum absolute atomic E-state index is 0.187. The molecule has 3 aromatic rings. The molecule has 27 heavy (non-hydrogen) atoms. The predicted molar refractivity (Wildman–Crippen MR) is 105 cm³/mol. The molecule has 0 amide bonds. The lowest BCUT2D eigenvalue weighted by atomic mass is 10.1. The third kappa shape index (κ3) is 4.67. The van der Waals surface area contributed by atoms with Crippen molar-refractivity contribution in [1.82, 2.24) is 15.5 Å². The number of rotatable bonds is 6. The summed E-state index contributed by atoms with van der Waals surface area (Å²) in [6.45, 7) is 1.94. The van der Waals surface area contributed by atoms with Crippen LogP contribution in [0.3, 0.4) is 0 Å². The van der Waals surface area contributed by atoms with Crippen molar-refractivity contribution in [2.45, 2.75) is 31.8 Å². The lowest BCUT2D eigenvalue weighted by Gasteiger charge is -2.24. The van der Waals surface area contributed by atoms with E-state index in [4.69, 9.17) is 20.9 Å². The summed E-state index contributed by atoms with van der Waals surface area (Å²) in [5.74, 6) is 1.87. The topological polar surface area (TPSA) is 60.2 Å². The molecule has 0 saturated carbocycles. The first-order valence-corrected chi connectivity index (χ1v) is 9.69. The summed E-state index contributed by atoms with van der Waals surface area (Å²) in [4.78, 5) is 4.56. The molecule has 1 saturated heterocycles. The highest BCUT2D eigenvalue weighted by Gasteiger charge is 2.20. The van der Waals surface area contributed by atoms with Gasteiger partial charge in [-0.1, -0.05) is 47.1 Å². The van der Waals surface area contributed by atoms with Crippen LogP contribution in [0.15, 0.2) is 53.1 Å². The van der Waals surface area contributed by atoms with Gasteiger partial charge in [0.05, 0.1) is 5.56 Å². The number of ether oxygens (including phenoxy) is 1. The van der Waals surface area contributed by atoms with Crippen LogP contribution in [-0.2, 0) is 12.8 Å². The molecule has 0 unspecified atom stereocenters. The Morgan fingerprint density at radius 3 is 2.70 bits per heavy atom. The van der Waals surface area contributed by atoms with Crippen molar-refractivity contribution in [1.29, 1.82) is 0 Å². The molecule has 140 valence electrons. The lowest BCUT2D eigenvalue weighted by Crippen LogP contribution is -2.34. The van der Waals surface area contributed by atoms with Gasteiger partial charge in [-0.2, -0.15) is 4.98 Å². The molecule has 0 aliphatic carbocycles. The molecule has 6 heteroatoms. The summed E-state index contributed by atoms with van der Waals surface area (Å²) < 4.78 is 11.7. The molecule has 1 aliphatic rings. The number of hydrogen-bond donors (Lipinski definition) is 1. The second kappa shape index (κ2) is 8.55. The van der Waals surface area contributed by atoms with Crippen LogP contribution in [0.25, 0.3) is 11.5 Å². The monoisotopic (exact) mass is 383 g/mol. The highest BCUT2D eigenvalue weighted by Crippen LogP contribution is 2.33.